The van der Waals surface area contributed by atoms with Crippen molar-refractivity contribution >= 4 is 11.8 Å². The first-order chi connectivity index (χ1) is 12.3. The molecule has 1 saturated heterocycles. The second-order valence-electron chi connectivity index (χ2n) is 6.01. The standard InChI is InChI=1S/C18H17F3N2O3/c19-18(20,21)14-3-1-2-4-15(14)26-13-7-9-23(10-8-13)16-6-5-12(11-22-16)17(24)25/h1-6,11,13H,7-10H2,(H,24,25). The number of anilines is 1. The molecule has 138 valence electrons. The van der Waals surface area contributed by atoms with Crippen LogP contribution in [0.3, 0.4) is 0 Å². The summed E-state index contributed by atoms with van der Waals surface area (Å²) >= 11 is 0. The van der Waals surface area contributed by atoms with Gasteiger partial charge in [0.05, 0.1) is 11.1 Å². The number of aromatic carboxylic acids is 1. The third-order valence-electron chi connectivity index (χ3n) is 4.25. The van der Waals surface area contributed by atoms with Gasteiger partial charge in [-0.2, -0.15) is 13.2 Å². The molecule has 1 aliphatic heterocycles. The largest absolute Gasteiger partial charge is 0.490 e. The number of carbonyl (C=O) groups is 1. The maximum absolute atomic E-state index is 13.0. The van der Waals surface area contributed by atoms with E-state index in [-0.39, 0.29) is 17.4 Å². The lowest BCUT2D eigenvalue weighted by Gasteiger charge is -2.33. The van der Waals surface area contributed by atoms with Crippen LogP contribution in [0.1, 0.15) is 28.8 Å². The number of carboxylic acid groups (broad SMARTS) is 1. The molecule has 5 nitrogen and oxygen atoms in total. The maximum atomic E-state index is 13.0. The van der Waals surface area contributed by atoms with Crippen LogP contribution < -0.4 is 9.64 Å². The van der Waals surface area contributed by atoms with Crippen LogP contribution >= 0.6 is 0 Å². The van der Waals surface area contributed by atoms with E-state index in [1.807, 2.05) is 4.90 Å². The van der Waals surface area contributed by atoms with Gasteiger partial charge in [-0.15, -0.1) is 0 Å². The van der Waals surface area contributed by atoms with E-state index in [1.54, 1.807) is 6.07 Å². The van der Waals surface area contributed by atoms with Crippen LogP contribution in [0.5, 0.6) is 5.75 Å². The highest BCUT2D eigenvalue weighted by atomic mass is 19.4. The molecule has 0 spiro atoms. The van der Waals surface area contributed by atoms with Crippen molar-refractivity contribution in [2.75, 3.05) is 18.0 Å². The molecule has 1 aromatic carbocycles. The second-order valence-corrected chi connectivity index (χ2v) is 6.01. The Labute approximate surface area is 148 Å². The van der Waals surface area contributed by atoms with E-state index >= 15 is 0 Å². The van der Waals surface area contributed by atoms with Crippen molar-refractivity contribution < 1.29 is 27.8 Å². The predicted octanol–water partition coefficient (Wildman–Crippen LogP) is 3.85. The van der Waals surface area contributed by atoms with Gasteiger partial charge < -0.3 is 14.7 Å². The molecular formula is C18H17F3N2O3. The number of pyridine rings is 1. The maximum Gasteiger partial charge on any atom is 0.419 e. The van der Waals surface area contributed by atoms with Gasteiger partial charge >= 0.3 is 12.1 Å². The molecule has 1 aliphatic rings. The summed E-state index contributed by atoms with van der Waals surface area (Å²) in [5.74, 6) is -0.550. The Morgan fingerprint density at radius 1 is 1.15 bits per heavy atom. The van der Waals surface area contributed by atoms with Crippen molar-refractivity contribution in [3.8, 4) is 5.75 Å². The first-order valence-corrected chi connectivity index (χ1v) is 8.12. The lowest BCUT2D eigenvalue weighted by atomic mass is 10.1. The van der Waals surface area contributed by atoms with Crippen molar-refractivity contribution in [2.45, 2.75) is 25.1 Å². The third kappa shape index (κ3) is 4.07. The fraction of sp³-hybridized carbons (Fsp3) is 0.333. The topological polar surface area (TPSA) is 62.7 Å². The molecule has 2 aromatic rings. The van der Waals surface area contributed by atoms with Gasteiger partial charge in [0, 0.05) is 32.1 Å². The lowest BCUT2D eigenvalue weighted by molar-refractivity contribution is -0.139. The Balaban J connectivity index is 1.62. The Bertz CT molecular complexity index is 770. The fourth-order valence-electron chi connectivity index (χ4n) is 2.89. The summed E-state index contributed by atoms with van der Waals surface area (Å²) in [7, 11) is 0. The fourth-order valence-corrected chi connectivity index (χ4v) is 2.89. The molecule has 1 aromatic heterocycles. The average molecular weight is 366 g/mol. The summed E-state index contributed by atoms with van der Waals surface area (Å²) in [5.41, 5.74) is -0.663. The van der Waals surface area contributed by atoms with Crippen LogP contribution in [-0.2, 0) is 6.18 Å². The summed E-state index contributed by atoms with van der Waals surface area (Å²) < 4.78 is 44.7. The van der Waals surface area contributed by atoms with E-state index in [1.165, 1.54) is 30.5 Å². The van der Waals surface area contributed by atoms with E-state index in [9.17, 15) is 18.0 Å². The van der Waals surface area contributed by atoms with Crippen molar-refractivity contribution in [2.24, 2.45) is 0 Å². The highest BCUT2D eigenvalue weighted by Crippen LogP contribution is 2.37. The molecule has 26 heavy (non-hydrogen) atoms. The summed E-state index contributed by atoms with van der Waals surface area (Å²) in [6, 6.07) is 8.31. The van der Waals surface area contributed by atoms with Crippen LogP contribution in [0.25, 0.3) is 0 Å². The molecule has 8 heteroatoms. The molecule has 1 fully saturated rings. The van der Waals surface area contributed by atoms with Gasteiger partial charge in [-0.05, 0) is 24.3 Å². The minimum absolute atomic E-state index is 0.107. The minimum Gasteiger partial charge on any atom is -0.490 e. The normalized spacial score (nSPS) is 15.7. The minimum atomic E-state index is -4.45. The number of para-hydroxylation sites is 1. The second kappa shape index (κ2) is 7.23. The quantitative estimate of drug-likeness (QED) is 0.891. The van der Waals surface area contributed by atoms with Gasteiger partial charge in [-0.25, -0.2) is 9.78 Å². The van der Waals surface area contributed by atoms with Crippen LogP contribution in [0.15, 0.2) is 42.6 Å². The zero-order chi connectivity index (χ0) is 18.7. The Morgan fingerprint density at radius 2 is 1.85 bits per heavy atom. The average Bonchev–Trinajstić information content (AvgIpc) is 2.62. The lowest BCUT2D eigenvalue weighted by Crippen LogP contribution is -2.38. The summed E-state index contributed by atoms with van der Waals surface area (Å²) in [6.45, 7) is 1.14. The first-order valence-electron chi connectivity index (χ1n) is 8.12. The molecule has 0 amide bonds. The third-order valence-corrected chi connectivity index (χ3v) is 4.25. The monoisotopic (exact) mass is 366 g/mol. The molecule has 0 atom stereocenters. The number of carboxylic acids is 1. The number of alkyl halides is 3. The summed E-state index contributed by atoms with van der Waals surface area (Å²) in [4.78, 5) is 16.9. The number of hydrogen-bond donors (Lipinski definition) is 1. The SMILES string of the molecule is O=C(O)c1ccc(N2CCC(Oc3ccccc3C(F)(F)F)CC2)nc1. The molecule has 1 N–H and O–H groups in total. The Hall–Kier alpha value is -2.77. The van der Waals surface area contributed by atoms with E-state index in [4.69, 9.17) is 9.84 Å². The smallest absolute Gasteiger partial charge is 0.419 e. The van der Waals surface area contributed by atoms with Gasteiger partial charge in [-0.1, -0.05) is 12.1 Å². The summed E-state index contributed by atoms with van der Waals surface area (Å²) in [5, 5.41) is 8.89. The number of nitrogens with zero attached hydrogens (tertiary/aromatic N) is 2. The van der Waals surface area contributed by atoms with E-state index < -0.39 is 17.7 Å². The molecule has 3 rings (SSSR count). The van der Waals surface area contributed by atoms with Gasteiger partial charge in [0.15, 0.2) is 0 Å². The van der Waals surface area contributed by atoms with Crippen LogP contribution in [0, 0.1) is 0 Å². The molecule has 2 heterocycles. The number of benzene rings is 1. The molecule has 0 saturated carbocycles. The molecule has 0 aliphatic carbocycles. The van der Waals surface area contributed by atoms with Crippen molar-refractivity contribution in [3.05, 3.63) is 53.7 Å². The number of hydrogen-bond acceptors (Lipinski definition) is 4. The van der Waals surface area contributed by atoms with Crippen molar-refractivity contribution in [1.82, 2.24) is 4.98 Å². The number of rotatable bonds is 4. The van der Waals surface area contributed by atoms with Crippen molar-refractivity contribution in [3.63, 3.8) is 0 Å². The Kier molecular flexibility index (Phi) is 5.01. The van der Waals surface area contributed by atoms with Crippen molar-refractivity contribution in [1.29, 1.82) is 0 Å². The molecule has 0 bridgehead atoms. The first kappa shape index (κ1) is 18.0. The van der Waals surface area contributed by atoms with Crippen LogP contribution in [0.2, 0.25) is 0 Å². The van der Waals surface area contributed by atoms with Gasteiger partial charge in [-0.3, -0.25) is 0 Å². The highest BCUT2D eigenvalue weighted by Gasteiger charge is 2.35. The number of aromatic nitrogens is 1. The number of halogens is 3. The zero-order valence-corrected chi connectivity index (χ0v) is 13.7. The predicted molar refractivity (Wildman–Crippen MR) is 88.5 cm³/mol. The number of piperidine rings is 1. The van der Waals surface area contributed by atoms with Gasteiger partial charge in [0.2, 0.25) is 0 Å². The molecule has 0 unspecified atom stereocenters. The highest BCUT2D eigenvalue weighted by molar-refractivity contribution is 5.87. The van der Waals surface area contributed by atoms with Gasteiger partial charge in [0.1, 0.15) is 17.7 Å². The number of ether oxygens (including phenoxy) is 1. The van der Waals surface area contributed by atoms with Gasteiger partial charge in [0.25, 0.3) is 0 Å². The van der Waals surface area contributed by atoms with E-state index in [2.05, 4.69) is 4.98 Å². The molecular weight excluding hydrogens is 349 g/mol. The van der Waals surface area contributed by atoms with E-state index in [0.717, 1.165) is 6.07 Å². The van der Waals surface area contributed by atoms with Crippen LogP contribution in [-0.4, -0.2) is 35.3 Å². The van der Waals surface area contributed by atoms with E-state index in [0.29, 0.717) is 31.7 Å². The molecule has 0 radical (unpaired) electrons. The summed E-state index contributed by atoms with van der Waals surface area (Å²) in [6.07, 6.45) is -2.37. The Morgan fingerprint density at radius 3 is 2.42 bits per heavy atom. The zero-order valence-electron chi connectivity index (χ0n) is 13.7. The van der Waals surface area contributed by atoms with Crippen LogP contribution in [0.4, 0.5) is 19.0 Å².